The number of aromatic nitrogens is 2. The van der Waals surface area contributed by atoms with E-state index in [-0.39, 0.29) is 36.5 Å². The molecule has 2 aromatic carbocycles. The molecule has 2 unspecified atom stereocenters. The van der Waals surface area contributed by atoms with Crippen molar-refractivity contribution in [1.82, 2.24) is 19.8 Å². The molecule has 0 radical (unpaired) electrons. The molecule has 1 amide bonds. The average molecular weight is 486 g/mol. The highest BCUT2D eigenvalue weighted by Gasteiger charge is 2.35. The van der Waals surface area contributed by atoms with Gasteiger partial charge in [0.25, 0.3) is 0 Å². The van der Waals surface area contributed by atoms with Crippen LogP contribution in [0.3, 0.4) is 0 Å². The van der Waals surface area contributed by atoms with Crippen molar-refractivity contribution in [3.63, 3.8) is 0 Å². The third-order valence-corrected chi connectivity index (χ3v) is 7.32. The lowest BCUT2D eigenvalue weighted by atomic mass is 10.1. The van der Waals surface area contributed by atoms with Gasteiger partial charge >= 0.3 is 0 Å². The van der Waals surface area contributed by atoms with Gasteiger partial charge < -0.3 is 24.8 Å². The van der Waals surface area contributed by atoms with Crippen LogP contribution in [0.4, 0.5) is 10.1 Å². The van der Waals surface area contributed by atoms with Crippen LogP contribution in [0.5, 0.6) is 0 Å². The Hall–Kier alpha value is -2.68. The first-order valence-corrected chi connectivity index (χ1v) is 12.1. The van der Waals surface area contributed by atoms with E-state index in [1.807, 2.05) is 28.5 Å². The Labute approximate surface area is 203 Å². The van der Waals surface area contributed by atoms with E-state index in [1.54, 1.807) is 18.5 Å². The molecular weight excluding hydrogens is 457 g/mol. The molecule has 1 aromatic heterocycles. The molecule has 0 saturated carbocycles. The quantitative estimate of drug-likeness (QED) is 0.580. The van der Waals surface area contributed by atoms with E-state index < -0.39 is 0 Å². The number of amides is 1. The summed E-state index contributed by atoms with van der Waals surface area (Å²) < 4.78 is 16.5. The van der Waals surface area contributed by atoms with Crippen LogP contribution in [-0.2, 0) is 4.79 Å². The smallest absolute Gasteiger partial charge is 0.240 e. The van der Waals surface area contributed by atoms with E-state index in [4.69, 9.17) is 11.6 Å². The minimum atomic E-state index is -0.346. The molecule has 3 atom stereocenters. The predicted molar refractivity (Wildman–Crippen MR) is 131 cm³/mol. The number of benzene rings is 2. The van der Waals surface area contributed by atoms with Crippen LogP contribution < -0.4 is 10.2 Å². The van der Waals surface area contributed by atoms with Crippen LogP contribution in [0.25, 0.3) is 11.0 Å². The number of aliphatic hydroxyl groups excluding tert-OH is 1. The summed E-state index contributed by atoms with van der Waals surface area (Å²) >= 11 is 5.93. The molecule has 0 bridgehead atoms. The van der Waals surface area contributed by atoms with Crippen molar-refractivity contribution in [3.05, 3.63) is 59.1 Å². The van der Waals surface area contributed by atoms with Crippen molar-refractivity contribution in [3.8, 4) is 0 Å². The molecule has 3 aromatic rings. The molecule has 180 valence electrons. The van der Waals surface area contributed by atoms with Gasteiger partial charge in [-0.05, 0) is 56.6 Å². The molecule has 5 rings (SSSR count). The van der Waals surface area contributed by atoms with Gasteiger partial charge in [-0.1, -0.05) is 17.7 Å². The van der Waals surface area contributed by atoms with E-state index in [1.165, 1.54) is 6.07 Å². The molecule has 2 aliphatic heterocycles. The molecule has 34 heavy (non-hydrogen) atoms. The fourth-order valence-electron chi connectivity index (χ4n) is 5.14. The summed E-state index contributed by atoms with van der Waals surface area (Å²) in [6, 6.07) is 10.1. The monoisotopic (exact) mass is 485 g/mol. The number of aliphatic hydroxyl groups is 1. The Bertz CT molecular complexity index is 1200. The Kier molecular flexibility index (Phi) is 6.46. The van der Waals surface area contributed by atoms with Crippen LogP contribution >= 0.6 is 11.6 Å². The summed E-state index contributed by atoms with van der Waals surface area (Å²) in [5, 5.41) is 13.7. The number of nitrogens with one attached hydrogen (secondary N) is 1. The van der Waals surface area contributed by atoms with Gasteiger partial charge in [-0.3, -0.25) is 4.79 Å². The molecule has 0 aliphatic carbocycles. The number of fused-ring (bicyclic) bond motifs is 1. The van der Waals surface area contributed by atoms with Gasteiger partial charge in [-0.15, -0.1) is 0 Å². The maximum atomic E-state index is 14.6. The first kappa shape index (κ1) is 23.1. The van der Waals surface area contributed by atoms with Crippen LogP contribution in [-0.4, -0.2) is 70.3 Å². The van der Waals surface area contributed by atoms with Crippen LogP contribution in [0, 0.1) is 5.82 Å². The zero-order valence-corrected chi connectivity index (χ0v) is 19.9. The lowest BCUT2D eigenvalue weighted by Gasteiger charge is -2.42. The summed E-state index contributed by atoms with van der Waals surface area (Å²) in [6.07, 6.45) is 3.59. The lowest BCUT2D eigenvalue weighted by Crippen LogP contribution is -2.59. The van der Waals surface area contributed by atoms with E-state index in [2.05, 4.69) is 21.3 Å². The summed E-state index contributed by atoms with van der Waals surface area (Å²) in [6.45, 7) is 4.51. The van der Waals surface area contributed by atoms with E-state index in [9.17, 15) is 14.3 Å². The maximum Gasteiger partial charge on any atom is 0.240 e. The molecular formula is C25H29ClFN5O2. The third-order valence-electron chi connectivity index (χ3n) is 7.09. The number of imidazole rings is 1. The lowest BCUT2D eigenvalue weighted by molar-refractivity contribution is -0.136. The second kappa shape index (κ2) is 9.52. The summed E-state index contributed by atoms with van der Waals surface area (Å²) in [5.41, 5.74) is 3.25. The number of hydrogen-bond donors (Lipinski definition) is 2. The number of rotatable bonds is 5. The SMILES string of the molecule is CC(c1ccc(Cl)cc1F)n1cnc2ccc(N3CCN(C(=O)[C@H]4CCCN4)C(CO)C3)cc21. The fraction of sp³-hybridized carbons (Fsp3) is 0.440. The van der Waals surface area contributed by atoms with E-state index in [0.717, 1.165) is 36.1 Å². The molecule has 2 fully saturated rings. The third kappa shape index (κ3) is 4.26. The predicted octanol–water partition coefficient (Wildman–Crippen LogP) is 3.20. The van der Waals surface area contributed by atoms with Crippen LogP contribution in [0.2, 0.25) is 5.02 Å². The zero-order chi connectivity index (χ0) is 23.8. The van der Waals surface area contributed by atoms with Crippen molar-refractivity contribution in [2.75, 3.05) is 37.7 Å². The van der Waals surface area contributed by atoms with Crippen molar-refractivity contribution in [2.45, 2.75) is 37.9 Å². The number of hydrogen-bond acceptors (Lipinski definition) is 5. The average Bonchev–Trinajstić information content (AvgIpc) is 3.53. The second-order valence-electron chi connectivity index (χ2n) is 9.13. The Morgan fingerprint density at radius 1 is 1.29 bits per heavy atom. The first-order valence-electron chi connectivity index (χ1n) is 11.8. The molecule has 9 heteroatoms. The second-order valence-corrected chi connectivity index (χ2v) is 9.57. The van der Waals surface area contributed by atoms with Gasteiger partial charge in [0.05, 0.1) is 42.1 Å². The van der Waals surface area contributed by atoms with Crippen molar-refractivity contribution in [1.29, 1.82) is 0 Å². The summed E-state index contributed by atoms with van der Waals surface area (Å²) in [5.74, 6) is -0.259. The molecule has 2 aliphatic rings. The van der Waals surface area contributed by atoms with E-state index in [0.29, 0.717) is 30.2 Å². The van der Waals surface area contributed by atoms with Crippen molar-refractivity contribution < 1.29 is 14.3 Å². The van der Waals surface area contributed by atoms with E-state index >= 15 is 0 Å². The van der Waals surface area contributed by atoms with Crippen molar-refractivity contribution in [2.24, 2.45) is 0 Å². The summed E-state index contributed by atoms with van der Waals surface area (Å²) in [4.78, 5) is 21.5. The topological polar surface area (TPSA) is 73.6 Å². The highest BCUT2D eigenvalue weighted by Crippen LogP contribution is 2.30. The van der Waals surface area contributed by atoms with Gasteiger partial charge in [0.1, 0.15) is 5.82 Å². The standard InChI is InChI=1S/C25H29ClFN5O2/c1-16(20-6-4-17(26)11-21(20)27)32-15-29-22-7-5-18(12-24(22)32)30-9-10-31(19(13-30)14-33)25(34)23-3-2-8-28-23/h4-7,11-12,15-16,19,23,28,33H,2-3,8-10,13-14H2,1H3/t16?,19?,23-/m1/s1. The summed E-state index contributed by atoms with van der Waals surface area (Å²) in [7, 11) is 0. The van der Waals surface area contributed by atoms with Gasteiger partial charge in [0.15, 0.2) is 0 Å². The molecule has 3 heterocycles. The molecule has 2 saturated heterocycles. The van der Waals surface area contributed by atoms with Crippen LogP contribution in [0.1, 0.15) is 31.4 Å². The minimum Gasteiger partial charge on any atom is -0.394 e. The number of carbonyl (C=O) groups excluding carboxylic acids is 1. The highest BCUT2D eigenvalue weighted by molar-refractivity contribution is 6.30. The molecule has 7 nitrogen and oxygen atoms in total. The van der Waals surface area contributed by atoms with Gasteiger partial charge in [-0.25, -0.2) is 9.37 Å². The number of anilines is 1. The minimum absolute atomic E-state index is 0.0813. The fourth-order valence-corrected chi connectivity index (χ4v) is 5.30. The Balaban J connectivity index is 1.39. The number of piperazine rings is 1. The normalized spacial score (nSPS) is 21.9. The molecule has 0 spiro atoms. The Morgan fingerprint density at radius 3 is 2.88 bits per heavy atom. The highest BCUT2D eigenvalue weighted by atomic mass is 35.5. The van der Waals surface area contributed by atoms with Gasteiger partial charge in [0.2, 0.25) is 5.91 Å². The van der Waals surface area contributed by atoms with Gasteiger partial charge in [0, 0.05) is 35.9 Å². The van der Waals surface area contributed by atoms with Gasteiger partial charge in [-0.2, -0.15) is 0 Å². The molecule has 2 N–H and O–H groups in total. The maximum absolute atomic E-state index is 14.6. The number of halogens is 2. The largest absolute Gasteiger partial charge is 0.394 e. The first-order chi connectivity index (χ1) is 16.5. The zero-order valence-electron chi connectivity index (χ0n) is 19.1. The van der Waals surface area contributed by atoms with Crippen molar-refractivity contribution >= 4 is 34.2 Å². The van der Waals surface area contributed by atoms with Crippen LogP contribution in [0.15, 0.2) is 42.7 Å². The Morgan fingerprint density at radius 2 is 2.15 bits per heavy atom. The number of carbonyl (C=O) groups is 1. The number of nitrogens with zero attached hydrogens (tertiary/aromatic N) is 4.